The van der Waals surface area contributed by atoms with E-state index in [0.29, 0.717) is 17.9 Å². The Labute approximate surface area is 234 Å². The number of carbonyl (C=O) groups is 1. The smallest absolute Gasteiger partial charge is 0.274 e. The van der Waals surface area contributed by atoms with Gasteiger partial charge < -0.3 is 10.4 Å². The van der Waals surface area contributed by atoms with Gasteiger partial charge in [-0.1, -0.05) is 42.5 Å². The summed E-state index contributed by atoms with van der Waals surface area (Å²) in [7, 11) is 0. The lowest BCUT2D eigenvalue weighted by atomic mass is 9.94. The molecule has 1 saturated heterocycles. The highest BCUT2D eigenvalue weighted by atomic mass is 16.3. The third kappa shape index (κ3) is 6.01. The number of aromatic nitrogens is 2. The van der Waals surface area contributed by atoms with Gasteiger partial charge in [-0.25, -0.2) is 0 Å². The molecule has 0 bridgehead atoms. The minimum absolute atomic E-state index is 0.182. The standard InChI is InChI=1S/C33H33N5O2/c39-29-12-15-38(16-13-29)22-23-17-27(20-34-19-23)26-9-8-24-7-4-14-35-32(30(24)18-26)33(40)37-28-10-11-31(36-21-28)25-5-2-1-3-6-25/h1-3,5-6,8-11,17-21,29,39H,4,7,12-16,22H2,(H,37,40). The number of aryl methyl sites for hydroxylation is 1. The Kier molecular flexibility index (Phi) is 7.75. The van der Waals surface area contributed by atoms with E-state index in [1.807, 2.05) is 54.9 Å². The molecule has 4 heterocycles. The maximum absolute atomic E-state index is 13.5. The van der Waals surface area contributed by atoms with E-state index in [-0.39, 0.29) is 12.0 Å². The lowest BCUT2D eigenvalue weighted by molar-refractivity contribution is -0.110. The first-order valence-electron chi connectivity index (χ1n) is 14.0. The molecule has 40 heavy (non-hydrogen) atoms. The first-order chi connectivity index (χ1) is 19.6. The predicted molar refractivity (Wildman–Crippen MR) is 158 cm³/mol. The second-order valence-corrected chi connectivity index (χ2v) is 10.5. The molecule has 1 fully saturated rings. The van der Waals surface area contributed by atoms with Crippen LogP contribution >= 0.6 is 0 Å². The minimum Gasteiger partial charge on any atom is -0.393 e. The Morgan fingerprint density at radius 2 is 1.77 bits per heavy atom. The van der Waals surface area contributed by atoms with Crippen molar-refractivity contribution < 1.29 is 9.90 Å². The zero-order valence-electron chi connectivity index (χ0n) is 22.5. The topological polar surface area (TPSA) is 90.7 Å². The van der Waals surface area contributed by atoms with Crippen LogP contribution in [0.25, 0.3) is 22.4 Å². The molecule has 7 heteroatoms. The van der Waals surface area contributed by atoms with Crippen molar-refractivity contribution in [3.63, 3.8) is 0 Å². The van der Waals surface area contributed by atoms with Gasteiger partial charge >= 0.3 is 0 Å². The summed E-state index contributed by atoms with van der Waals surface area (Å²) in [5, 5.41) is 12.8. The van der Waals surface area contributed by atoms with Crippen LogP contribution in [0, 0.1) is 0 Å². The van der Waals surface area contributed by atoms with Crippen LogP contribution in [0.15, 0.2) is 90.3 Å². The number of likely N-dealkylation sites (tertiary alicyclic amines) is 1. The first kappa shape index (κ1) is 26.0. The third-order valence-electron chi connectivity index (χ3n) is 7.64. The summed E-state index contributed by atoms with van der Waals surface area (Å²) in [6.45, 7) is 3.21. The van der Waals surface area contributed by atoms with Gasteiger partial charge in [-0.15, -0.1) is 0 Å². The van der Waals surface area contributed by atoms with Crippen molar-refractivity contribution in [2.45, 2.75) is 38.3 Å². The number of anilines is 1. The summed E-state index contributed by atoms with van der Waals surface area (Å²) in [4.78, 5) is 29.6. The second-order valence-electron chi connectivity index (χ2n) is 10.5. The number of hydrogen-bond acceptors (Lipinski definition) is 6. The van der Waals surface area contributed by atoms with Gasteiger partial charge in [0, 0.05) is 55.3 Å². The molecule has 2 aromatic heterocycles. The fraction of sp³-hybridized carbons (Fsp3) is 0.273. The lowest BCUT2D eigenvalue weighted by Crippen LogP contribution is -2.35. The van der Waals surface area contributed by atoms with Gasteiger partial charge in [0.15, 0.2) is 0 Å². The number of hydrogen-bond donors (Lipinski definition) is 2. The van der Waals surface area contributed by atoms with E-state index in [1.165, 1.54) is 0 Å². The predicted octanol–water partition coefficient (Wildman–Crippen LogP) is 5.14. The molecule has 6 rings (SSSR count). The van der Waals surface area contributed by atoms with E-state index in [1.54, 1.807) is 6.20 Å². The first-order valence-corrected chi connectivity index (χ1v) is 14.0. The molecule has 202 valence electrons. The molecule has 0 spiro atoms. The van der Waals surface area contributed by atoms with Crippen molar-refractivity contribution in [2.24, 2.45) is 4.99 Å². The fourth-order valence-electron chi connectivity index (χ4n) is 5.44. The number of aliphatic hydroxyl groups is 1. The van der Waals surface area contributed by atoms with Crippen LogP contribution in [0.1, 0.15) is 36.0 Å². The molecule has 2 aliphatic rings. The van der Waals surface area contributed by atoms with E-state index in [2.05, 4.69) is 44.5 Å². The van der Waals surface area contributed by atoms with Gasteiger partial charge in [0.05, 0.1) is 23.7 Å². The maximum Gasteiger partial charge on any atom is 0.274 e. The maximum atomic E-state index is 13.5. The van der Waals surface area contributed by atoms with Crippen LogP contribution in [0.5, 0.6) is 0 Å². The van der Waals surface area contributed by atoms with Crippen LogP contribution in [0.3, 0.4) is 0 Å². The largest absolute Gasteiger partial charge is 0.393 e. The third-order valence-corrected chi connectivity index (χ3v) is 7.64. The summed E-state index contributed by atoms with van der Waals surface area (Å²) < 4.78 is 0. The van der Waals surface area contributed by atoms with Crippen LogP contribution in [-0.2, 0) is 17.8 Å². The highest BCUT2D eigenvalue weighted by molar-refractivity contribution is 6.49. The van der Waals surface area contributed by atoms with E-state index < -0.39 is 0 Å². The van der Waals surface area contributed by atoms with E-state index >= 15 is 0 Å². The monoisotopic (exact) mass is 531 g/mol. The van der Waals surface area contributed by atoms with Crippen LogP contribution < -0.4 is 5.32 Å². The molecule has 7 nitrogen and oxygen atoms in total. The van der Waals surface area contributed by atoms with Gasteiger partial charge in [0.25, 0.3) is 5.91 Å². The molecule has 1 amide bonds. The van der Waals surface area contributed by atoms with Crippen molar-refractivity contribution in [1.29, 1.82) is 0 Å². The zero-order chi connectivity index (χ0) is 27.3. The van der Waals surface area contributed by atoms with Gasteiger partial charge in [0.2, 0.25) is 0 Å². The SMILES string of the molecule is O=C(Nc1ccc(-c2ccccc2)nc1)C1=NCCCc2ccc(-c3cncc(CN4CCC(O)CC4)c3)cc21. The Bertz CT molecular complexity index is 1510. The molecule has 2 N–H and O–H groups in total. The number of fused-ring (bicyclic) bond motifs is 1. The molecular weight excluding hydrogens is 498 g/mol. The number of carbonyl (C=O) groups excluding carboxylic acids is 1. The van der Waals surface area contributed by atoms with Crippen molar-refractivity contribution in [3.8, 4) is 22.4 Å². The summed E-state index contributed by atoms with van der Waals surface area (Å²) in [6.07, 6.45) is 8.70. The van der Waals surface area contributed by atoms with Crippen molar-refractivity contribution >= 4 is 17.3 Å². The van der Waals surface area contributed by atoms with Gasteiger partial charge in [-0.2, -0.15) is 0 Å². The number of rotatable bonds is 6. The normalized spacial score (nSPS) is 16.1. The number of aliphatic imine (C=N–C) groups is 1. The zero-order valence-corrected chi connectivity index (χ0v) is 22.5. The van der Waals surface area contributed by atoms with Gasteiger partial charge in [-0.05, 0) is 66.6 Å². The van der Waals surface area contributed by atoms with Crippen molar-refractivity contribution in [3.05, 3.63) is 102 Å². The number of benzene rings is 2. The molecule has 4 aromatic rings. The molecule has 0 aliphatic carbocycles. The number of amides is 1. The Hall–Kier alpha value is -4.20. The summed E-state index contributed by atoms with van der Waals surface area (Å²) in [5.74, 6) is -0.228. The molecule has 0 unspecified atom stereocenters. The molecule has 0 saturated carbocycles. The Balaban J connectivity index is 1.21. The molecule has 0 atom stereocenters. The molecular formula is C33H33N5O2. The quantitative estimate of drug-likeness (QED) is 0.360. The minimum atomic E-state index is -0.228. The lowest BCUT2D eigenvalue weighted by Gasteiger charge is -2.29. The summed E-state index contributed by atoms with van der Waals surface area (Å²) >= 11 is 0. The van der Waals surface area contributed by atoms with Gasteiger partial charge in [-0.3, -0.25) is 24.7 Å². The Morgan fingerprint density at radius 1 is 0.925 bits per heavy atom. The number of aliphatic hydroxyl groups excluding tert-OH is 1. The van der Waals surface area contributed by atoms with E-state index in [9.17, 15) is 9.90 Å². The highest BCUT2D eigenvalue weighted by Crippen LogP contribution is 2.27. The van der Waals surface area contributed by atoms with Crippen LogP contribution in [0.2, 0.25) is 0 Å². The van der Waals surface area contributed by atoms with Crippen molar-refractivity contribution in [2.75, 3.05) is 25.0 Å². The number of pyridine rings is 2. The highest BCUT2D eigenvalue weighted by Gasteiger charge is 2.21. The molecule has 2 aliphatic heterocycles. The number of nitrogens with one attached hydrogen (secondary N) is 1. The summed E-state index contributed by atoms with van der Waals surface area (Å²) in [5.41, 5.74) is 8.15. The summed E-state index contributed by atoms with van der Waals surface area (Å²) in [6, 6.07) is 22.2. The average Bonchev–Trinajstić information content (AvgIpc) is 3.22. The number of nitrogens with zero attached hydrogens (tertiary/aromatic N) is 4. The Morgan fingerprint density at radius 3 is 2.58 bits per heavy atom. The van der Waals surface area contributed by atoms with Gasteiger partial charge in [0.1, 0.15) is 5.71 Å². The van der Waals surface area contributed by atoms with Crippen molar-refractivity contribution in [1.82, 2.24) is 14.9 Å². The second kappa shape index (κ2) is 11.9. The van der Waals surface area contributed by atoms with E-state index in [0.717, 1.165) is 84.4 Å². The molecule has 0 radical (unpaired) electrons. The number of piperidine rings is 1. The van der Waals surface area contributed by atoms with E-state index in [4.69, 9.17) is 4.99 Å². The van der Waals surface area contributed by atoms with Crippen LogP contribution in [-0.4, -0.2) is 57.3 Å². The van der Waals surface area contributed by atoms with Crippen LogP contribution in [0.4, 0.5) is 5.69 Å². The molecule has 2 aromatic carbocycles. The fourth-order valence-corrected chi connectivity index (χ4v) is 5.44. The average molecular weight is 532 g/mol.